The average Bonchev–Trinajstić information content (AvgIpc) is 3.54. The molecule has 184 valence electrons. The largest absolute Gasteiger partial charge is 0.487 e. The second-order valence-corrected chi connectivity index (χ2v) is 8.40. The van der Waals surface area contributed by atoms with E-state index in [0.717, 1.165) is 37.9 Å². The number of ether oxygens (including phenoxy) is 1. The molecule has 9 heteroatoms. The molecule has 1 N–H and O–H groups in total. The van der Waals surface area contributed by atoms with Crippen LogP contribution in [0.25, 0.3) is 11.3 Å². The van der Waals surface area contributed by atoms with Crippen molar-refractivity contribution in [2.75, 3.05) is 26.3 Å². The Kier molecular flexibility index (Phi) is 8.10. The summed E-state index contributed by atoms with van der Waals surface area (Å²) >= 11 is 0. The Labute approximate surface area is 202 Å². The molecule has 0 aliphatic carbocycles. The van der Waals surface area contributed by atoms with Gasteiger partial charge < -0.3 is 19.2 Å². The van der Waals surface area contributed by atoms with E-state index in [-0.39, 0.29) is 18.0 Å². The van der Waals surface area contributed by atoms with Crippen LogP contribution in [0.4, 0.5) is 4.39 Å². The van der Waals surface area contributed by atoms with Gasteiger partial charge in [0.05, 0.1) is 5.56 Å². The van der Waals surface area contributed by atoms with Gasteiger partial charge in [-0.05, 0) is 80.4 Å². The minimum atomic E-state index is -1.02. The summed E-state index contributed by atoms with van der Waals surface area (Å²) in [6.45, 7) is 5.03. The van der Waals surface area contributed by atoms with E-state index in [1.807, 2.05) is 13.0 Å². The molecule has 1 aliphatic rings. The highest BCUT2D eigenvalue weighted by Crippen LogP contribution is 2.23. The van der Waals surface area contributed by atoms with Gasteiger partial charge in [0.1, 0.15) is 30.5 Å². The summed E-state index contributed by atoms with van der Waals surface area (Å²) in [5.41, 5.74) is 2.61. The number of rotatable bonds is 11. The summed E-state index contributed by atoms with van der Waals surface area (Å²) in [4.78, 5) is 19.3. The summed E-state index contributed by atoms with van der Waals surface area (Å²) in [5, 5.41) is 17.8. The topological polar surface area (TPSA) is 97.4 Å². The first-order chi connectivity index (χ1) is 17.0. The van der Waals surface area contributed by atoms with Gasteiger partial charge in [0, 0.05) is 18.2 Å². The molecule has 0 amide bonds. The third-order valence-corrected chi connectivity index (χ3v) is 5.60. The molecule has 4 rings (SSSR count). The van der Waals surface area contributed by atoms with Crippen molar-refractivity contribution in [1.29, 1.82) is 0 Å². The molecule has 0 saturated carbocycles. The number of hydrogen-bond donors (Lipinski definition) is 1. The smallest absolute Gasteiger partial charge is 0.335 e. The maximum Gasteiger partial charge on any atom is 0.335 e. The summed E-state index contributed by atoms with van der Waals surface area (Å²) < 4.78 is 24.7. The zero-order valence-corrected chi connectivity index (χ0v) is 19.6. The van der Waals surface area contributed by atoms with Crippen LogP contribution in [0, 0.1) is 5.82 Å². The SMILES string of the molecule is CCCON=C(COc1cc(CN2CCCC2)cc(C(=O)O)c1)c1cc(-c2ccc(F)cc2)no1. The van der Waals surface area contributed by atoms with Gasteiger partial charge in [0.2, 0.25) is 0 Å². The standard InChI is InChI=1S/C26H28FN3O5/c1-2-11-34-28-24(25-15-23(29-35-25)19-5-7-21(27)8-6-19)17-33-22-13-18(12-20(14-22)26(31)32)16-30-9-3-4-10-30/h5-8,12-15H,2-4,9-11,16-17H2,1H3,(H,31,32). The monoisotopic (exact) mass is 481 g/mol. The highest BCUT2D eigenvalue weighted by atomic mass is 19.1. The molecule has 0 unspecified atom stereocenters. The number of carboxylic acid groups (broad SMARTS) is 1. The minimum absolute atomic E-state index is 0.0198. The van der Waals surface area contributed by atoms with E-state index < -0.39 is 5.97 Å². The first-order valence-corrected chi connectivity index (χ1v) is 11.7. The number of carboxylic acids is 1. The Hall–Kier alpha value is -3.72. The van der Waals surface area contributed by atoms with Gasteiger partial charge >= 0.3 is 5.97 Å². The molecule has 35 heavy (non-hydrogen) atoms. The quantitative estimate of drug-likeness (QED) is 0.234. The first kappa shape index (κ1) is 24.4. The minimum Gasteiger partial charge on any atom is -0.487 e. The fourth-order valence-corrected chi connectivity index (χ4v) is 3.83. The van der Waals surface area contributed by atoms with Gasteiger partial charge in [0.15, 0.2) is 11.5 Å². The molecule has 1 fully saturated rings. The molecular weight excluding hydrogens is 453 g/mol. The van der Waals surface area contributed by atoms with Crippen LogP contribution in [0.15, 0.2) is 58.2 Å². The maximum atomic E-state index is 13.3. The van der Waals surface area contributed by atoms with E-state index in [2.05, 4.69) is 15.2 Å². The normalized spacial score (nSPS) is 14.3. The van der Waals surface area contributed by atoms with Crippen molar-refractivity contribution in [3.8, 4) is 17.0 Å². The van der Waals surface area contributed by atoms with Crippen LogP contribution in [-0.4, -0.2) is 53.1 Å². The summed E-state index contributed by atoms with van der Waals surface area (Å²) in [6.07, 6.45) is 3.07. The zero-order chi connectivity index (χ0) is 24.6. The number of nitrogens with zero attached hydrogens (tertiary/aromatic N) is 3. The van der Waals surface area contributed by atoms with Gasteiger partial charge in [-0.3, -0.25) is 4.90 Å². The Morgan fingerprint density at radius 1 is 1.17 bits per heavy atom. The third kappa shape index (κ3) is 6.66. The number of benzene rings is 2. The van der Waals surface area contributed by atoms with Crippen molar-refractivity contribution in [2.45, 2.75) is 32.7 Å². The number of aromatic nitrogens is 1. The number of likely N-dealkylation sites (tertiary alicyclic amines) is 1. The number of carbonyl (C=O) groups is 1. The molecule has 2 aromatic carbocycles. The van der Waals surface area contributed by atoms with Crippen LogP contribution in [0.1, 0.15) is 47.9 Å². The van der Waals surface area contributed by atoms with Gasteiger partial charge in [-0.1, -0.05) is 17.2 Å². The molecule has 2 heterocycles. The van der Waals surface area contributed by atoms with Gasteiger partial charge in [-0.15, -0.1) is 0 Å². The zero-order valence-electron chi connectivity index (χ0n) is 19.6. The molecule has 8 nitrogen and oxygen atoms in total. The lowest BCUT2D eigenvalue weighted by Gasteiger charge is -2.16. The molecule has 3 aromatic rings. The van der Waals surface area contributed by atoms with Crippen LogP contribution in [0.3, 0.4) is 0 Å². The first-order valence-electron chi connectivity index (χ1n) is 11.7. The number of aromatic carboxylic acids is 1. The summed E-state index contributed by atoms with van der Waals surface area (Å²) in [7, 11) is 0. The van der Waals surface area contributed by atoms with Crippen molar-refractivity contribution in [3.05, 3.63) is 71.2 Å². The average molecular weight is 482 g/mol. The van der Waals surface area contributed by atoms with Gasteiger partial charge in [0.25, 0.3) is 0 Å². The van der Waals surface area contributed by atoms with E-state index in [0.29, 0.717) is 41.6 Å². The summed E-state index contributed by atoms with van der Waals surface area (Å²) in [5.74, 6) is -0.598. The molecule has 0 bridgehead atoms. The predicted molar refractivity (Wildman–Crippen MR) is 128 cm³/mol. The van der Waals surface area contributed by atoms with Crippen LogP contribution in [-0.2, 0) is 11.4 Å². The molecular formula is C26H28FN3O5. The fraction of sp³-hybridized carbons (Fsp3) is 0.346. The third-order valence-electron chi connectivity index (χ3n) is 5.60. The Morgan fingerprint density at radius 2 is 1.94 bits per heavy atom. The second-order valence-electron chi connectivity index (χ2n) is 8.40. The maximum absolute atomic E-state index is 13.3. The van der Waals surface area contributed by atoms with Crippen molar-refractivity contribution < 1.29 is 28.4 Å². The highest BCUT2D eigenvalue weighted by Gasteiger charge is 2.17. The molecule has 0 radical (unpaired) electrons. The van der Waals surface area contributed by atoms with Crippen LogP contribution in [0.2, 0.25) is 0 Å². The molecule has 1 aliphatic heterocycles. The predicted octanol–water partition coefficient (Wildman–Crippen LogP) is 4.98. The van der Waals surface area contributed by atoms with E-state index >= 15 is 0 Å². The van der Waals surface area contributed by atoms with Crippen molar-refractivity contribution in [1.82, 2.24) is 10.1 Å². The molecule has 0 spiro atoms. The summed E-state index contributed by atoms with van der Waals surface area (Å²) in [6, 6.07) is 12.6. The van der Waals surface area contributed by atoms with Gasteiger partial charge in [-0.2, -0.15) is 0 Å². The Morgan fingerprint density at radius 3 is 2.66 bits per heavy atom. The lowest BCUT2D eigenvalue weighted by molar-refractivity contribution is 0.0696. The van der Waals surface area contributed by atoms with E-state index in [1.54, 1.807) is 24.3 Å². The Bertz CT molecular complexity index is 1170. The van der Waals surface area contributed by atoms with Crippen LogP contribution in [0.5, 0.6) is 5.75 Å². The number of halogens is 1. The molecule has 1 saturated heterocycles. The van der Waals surface area contributed by atoms with Crippen molar-refractivity contribution >= 4 is 11.7 Å². The second kappa shape index (κ2) is 11.6. The van der Waals surface area contributed by atoms with E-state index in [4.69, 9.17) is 14.1 Å². The van der Waals surface area contributed by atoms with Crippen molar-refractivity contribution in [3.63, 3.8) is 0 Å². The fourth-order valence-electron chi connectivity index (χ4n) is 3.83. The van der Waals surface area contributed by atoms with E-state index in [9.17, 15) is 14.3 Å². The number of oxime groups is 1. The lowest BCUT2D eigenvalue weighted by atomic mass is 10.1. The van der Waals surface area contributed by atoms with E-state index in [1.165, 1.54) is 18.2 Å². The van der Waals surface area contributed by atoms with Crippen LogP contribution < -0.4 is 4.74 Å². The molecule has 1 aromatic heterocycles. The van der Waals surface area contributed by atoms with Crippen molar-refractivity contribution in [2.24, 2.45) is 5.16 Å². The van der Waals surface area contributed by atoms with Crippen LogP contribution >= 0.6 is 0 Å². The lowest BCUT2D eigenvalue weighted by Crippen LogP contribution is -2.19. The van der Waals surface area contributed by atoms with Gasteiger partial charge in [-0.25, -0.2) is 9.18 Å². The molecule has 0 atom stereocenters. The number of hydrogen-bond acceptors (Lipinski definition) is 7. The Balaban J connectivity index is 1.53. The highest BCUT2D eigenvalue weighted by molar-refractivity contribution is 5.99.